The zero-order valence-corrected chi connectivity index (χ0v) is 21.4. The summed E-state index contributed by atoms with van der Waals surface area (Å²) in [4.78, 5) is 13.5. The van der Waals surface area contributed by atoms with E-state index in [4.69, 9.17) is 16.6 Å². The number of fused-ring (bicyclic) bond motifs is 5. The van der Waals surface area contributed by atoms with E-state index in [2.05, 4.69) is 44.2 Å². The number of aromatic nitrogens is 7. The lowest BCUT2D eigenvalue weighted by molar-refractivity contribution is 0.0692. The van der Waals surface area contributed by atoms with Crippen molar-refractivity contribution < 1.29 is 13.9 Å². The molecule has 4 aromatic rings. The van der Waals surface area contributed by atoms with Crippen molar-refractivity contribution in [1.82, 2.24) is 35.3 Å². The third-order valence-electron chi connectivity index (χ3n) is 8.01. The van der Waals surface area contributed by atoms with Gasteiger partial charge in [-0.15, -0.1) is 10.2 Å². The molecule has 8 nitrogen and oxygen atoms in total. The van der Waals surface area contributed by atoms with E-state index in [-0.39, 0.29) is 40.1 Å². The largest absolute Gasteiger partial charge is 0.382 e. The molecule has 0 radical (unpaired) electrons. The highest BCUT2D eigenvalue weighted by molar-refractivity contribution is 6.31. The molecule has 2 atom stereocenters. The lowest BCUT2D eigenvalue weighted by Gasteiger charge is -2.37. The molecule has 3 aromatic heterocycles. The summed E-state index contributed by atoms with van der Waals surface area (Å²) in [7, 11) is 0. The van der Waals surface area contributed by atoms with Crippen LogP contribution in [0.25, 0.3) is 22.9 Å². The number of aliphatic hydroxyl groups is 1. The molecule has 0 spiro atoms. The average molecular weight is 524 g/mol. The molecule has 190 valence electrons. The first-order valence-electron chi connectivity index (χ1n) is 12.0. The van der Waals surface area contributed by atoms with Crippen molar-refractivity contribution in [3.05, 3.63) is 69.9 Å². The number of benzene rings is 1. The first-order valence-corrected chi connectivity index (χ1v) is 12.3. The second kappa shape index (κ2) is 7.82. The molecule has 2 aliphatic rings. The Bertz CT molecular complexity index is 1540. The Kier molecular flexibility index (Phi) is 5.07. The molecule has 2 N–H and O–H groups in total. The van der Waals surface area contributed by atoms with E-state index in [9.17, 15) is 13.9 Å². The highest BCUT2D eigenvalue weighted by Crippen LogP contribution is 2.70. The Hall–Kier alpha value is -3.37. The highest BCUT2D eigenvalue weighted by atomic mass is 35.5. The van der Waals surface area contributed by atoms with Gasteiger partial charge in [0.15, 0.2) is 11.6 Å². The molecule has 37 heavy (non-hydrogen) atoms. The molecular weight excluding hydrogens is 500 g/mol. The number of H-pyrrole nitrogens is 1. The monoisotopic (exact) mass is 523 g/mol. The number of nitrogens with one attached hydrogen (secondary N) is 1. The minimum atomic E-state index is -1.21. The molecule has 1 fully saturated rings. The zero-order chi connectivity index (χ0) is 26.3. The predicted octanol–water partition coefficient (Wildman–Crippen LogP) is 5.08. The van der Waals surface area contributed by atoms with Crippen molar-refractivity contribution in [2.45, 2.75) is 57.5 Å². The van der Waals surface area contributed by atoms with Gasteiger partial charge in [-0.05, 0) is 61.8 Å². The van der Waals surface area contributed by atoms with Gasteiger partial charge in [0.1, 0.15) is 17.2 Å². The van der Waals surface area contributed by atoms with Gasteiger partial charge in [-0.25, -0.2) is 23.7 Å². The highest BCUT2D eigenvalue weighted by Gasteiger charge is 2.65. The van der Waals surface area contributed by atoms with Crippen molar-refractivity contribution in [1.29, 1.82) is 0 Å². The van der Waals surface area contributed by atoms with Crippen LogP contribution in [0.15, 0.2) is 30.5 Å². The summed E-state index contributed by atoms with van der Waals surface area (Å²) in [5.74, 6) is -0.545. The molecular formula is C26H24ClF2N7O. The Morgan fingerprint density at radius 2 is 1.81 bits per heavy atom. The Morgan fingerprint density at radius 1 is 1.08 bits per heavy atom. The van der Waals surface area contributed by atoms with Crippen LogP contribution in [-0.4, -0.2) is 40.5 Å². The van der Waals surface area contributed by atoms with Crippen LogP contribution in [0.5, 0.6) is 0 Å². The smallest absolute Gasteiger partial charge is 0.219 e. The molecule has 6 rings (SSSR count). The van der Waals surface area contributed by atoms with Gasteiger partial charge in [-0.1, -0.05) is 31.5 Å². The third-order valence-corrected chi connectivity index (χ3v) is 8.29. The number of hydrogen-bond donors (Lipinski definition) is 2. The van der Waals surface area contributed by atoms with Gasteiger partial charge in [-0.2, -0.15) is 5.10 Å². The van der Waals surface area contributed by atoms with Crippen LogP contribution in [0.2, 0.25) is 5.02 Å². The molecule has 0 saturated heterocycles. The van der Waals surface area contributed by atoms with E-state index in [0.717, 1.165) is 18.4 Å². The first-order chi connectivity index (χ1) is 17.4. The van der Waals surface area contributed by atoms with Gasteiger partial charge in [0, 0.05) is 0 Å². The van der Waals surface area contributed by atoms with E-state index in [1.54, 1.807) is 19.9 Å². The maximum atomic E-state index is 14.5. The number of halogens is 3. The third kappa shape index (κ3) is 3.28. The van der Waals surface area contributed by atoms with Crippen LogP contribution >= 0.6 is 11.6 Å². The first kappa shape index (κ1) is 24.0. The second-order valence-electron chi connectivity index (χ2n) is 10.8. The fraction of sp³-hybridized carbons (Fsp3) is 0.385. The van der Waals surface area contributed by atoms with Crippen LogP contribution in [0.4, 0.5) is 8.78 Å². The summed E-state index contributed by atoms with van der Waals surface area (Å²) < 4.78 is 29.1. The Balaban J connectivity index is 1.51. The van der Waals surface area contributed by atoms with Crippen molar-refractivity contribution in [3.63, 3.8) is 0 Å². The molecule has 1 unspecified atom stereocenters. The standard InChI is InChI=1S/C26H24ClF2N7O/c1-24(2)13-8-9-26(24,19-12(13)10-17(33-34-19)18-15(28)6-5-7-16(18)29)20-14(27)11-30-21(31-20)22-32-23(36-35-22)25(3,4)37/h5-7,10-11,13,37H,8-9H2,1-4H3,(H,32,35,36)/t13-,26?/m0/s1. The molecule has 2 aliphatic carbocycles. The second-order valence-corrected chi connectivity index (χ2v) is 11.2. The predicted molar refractivity (Wildman–Crippen MR) is 132 cm³/mol. The van der Waals surface area contributed by atoms with E-state index < -0.39 is 22.7 Å². The minimum absolute atomic E-state index is 0.0615. The summed E-state index contributed by atoms with van der Waals surface area (Å²) in [5.41, 5.74) is -0.145. The quantitative estimate of drug-likeness (QED) is 0.383. The molecule has 2 bridgehead atoms. The SMILES string of the molecule is CC(C)(O)c1nc(-c2ncc(Cl)c(C34CC[C@@H](c5cc(-c6c(F)cccc6F)nnc53)C4(C)C)n2)n[nH]1. The van der Waals surface area contributed by atoms with Gasteiger partial charge < -0.3 is 5.11 Å². The summed E-state index contributed by atoms with van der Waals surface area (Å²) in [6.07, 6.45) is 3.06. The fourth-order valence-electron chi connectivity index (χ4n) is 6.12. The van der Waals surface area contributed by atoms with Gasteiger partial charge in [-0.3, -0.25) is 5.10 Å². The molecule has 1 aromatic carbocycles. The van der Waals surface area contributed by atoms with Gasteiger partial charge >= 0.3 is 0 Å². The van der Waals surface area contributed by atoms with Gasteiger partial charge in [0.25, 0.3) is 0 Å². The molecule has 0 aliphatic heterocycles. The van der Waals surface area contributed by atoms with E-state index >= 15 is 0 Å². The summed E-state index contributed by atoms with van der Waals surface area (Å²) in [6, 6.07) is 5.49. The van der Waals surface area contributed by atoms with Crippen LogP contribution in [0.1, 0.15) is 69.2 Å². The molecule has 11 heteroatoms. The Morgan fingerprint density at radius 3 is 2.49 bits per heavy atom. The lowest BCUT2D eigenvalue weighted by Crippen LogP contribution is -2.38. The molecule has 0 amide bonds. The number of nitrogens with zero attached hydrogens (tertiary/aromatic N) is 6. The number of aromatic amines is 1. The van der Waals surface area contributed by atoms with E-state index in [1.165, 1.54) is 24.4 Å². The Labute approximate surface area is 216 Å². The van der Waals surface area contributed by atoms with Crippen LogP contribution in [0, 0.1) is 17.0 Å². The van der Waals surface area contributed by atoms with Crippen molar-refractivity contribution >= 4 is 11.6 Å². The fourth-order valence-corrected chi connectivity index (χ4v) is 6.37. The average Bonchev–Trinajstić information content (AvgIpc) is 3.48. The summed E-state index contributed by atoms with van der Waals surface area (Å²) in [5, 5.41) is 26.4. The van der Waals surface area contributed by atoms with Crippen molar-refractivity contribution in [3.8, 4) is 22.9 Å². The molecule has 3 heterocycles. The van der Waals surface area contributed by atoms with Gasteiger partial charge in [0.05, 0.1) is 39.3 Å². The van der Waals surface area contributed by atoms with E-state index in [0.29, 0.717) is 16.4 Å². The van der Waals surface area contributed by atoms with Crippen LogP contribution in [0.3, 0.4) is 0 Å². The van der Waals surface area contributed by atoms with Crippen molar-refractivity contribution in [2.75, 3.05) is 0 Å². The summed E-state index contributed by atoms with van der Waals surface area (Å²) in [6.45, 7) is 7.46. The maximum absolute atomic E-state index is 14.5. The number of hydrogen-bond acceptors (Lipinski definition) is 7. The topological polar surface area (TPSA) is 113 Å². The lowest BCUT2D eigenvalue weighted by atomic mass is 9.66. The number of rotatable bonds is 4. The van der Waals surface area contributed by atoms with Crippen molar-refractivity contribution in [2.24, 2.45) is 5.41 Å². The van der Waals surface area contributed by atoms with Gasteiger partial charge in [0.2, 0.25) is 5.82 Å². The molecule has 1 saturated carbocycles. The zero-order valence-electron chi connectivity index (χ0n) is 20.6. The summed E-state index contributed by atoms with van der Waals surface area (Å²) >= 11 is 6.73. The van der Waals surface area contributed by atoms with Crippen LogP contribution < -0.4 is 0 Å². The normalized spacial score (nSPS) is 21.9. The minimum Gasteiger partial charge on any atom is -0.382 e. The maximum Gasteiger partial charge on any atom is 0.219 e. The van der Waals surface area contributed by atoms with E-state index in [1.807, 2.05) is 0 Å². The van der Waals surface area contributed by atoms with Crippen LogP contribution in [-0.2, 0) is 11.0 Å².